The van der Waals surface area contributed by atoms with Crippen molar-refractivity contribution in [2.24, 2.45) is 0 Å². The zero-order valence-corrected chi connectivity index (χ0v) is 23.2. The van der Waals surface area contributed by atoms with E-state index in [4.69, 9.17) is 14.6 Å². The fourth-order valence-corrected chi connectivity index (χ4v) is 3.80. The predicted octanol–water partition coefficient (Wildman–Crippen LogP) is 5.39. The van der Waals surface area contributed by atoms with Gasteiger partial charge in [0.05, 0.1) is 18.0 Å². The summed E-state index contributed by atoms with van der Waals surface area (Å²) in [5, 5.41) is 10.6. The normalized spacial score (nSPS) is 11.2. The van der Waals surface area contributed by atoms with Crippen LogP contribution in [-0.2, 0) is 14.9 Å². The summed E-state index contributed by atoms with van der Waals surface area (Å²) in [6.45, 7) is 11.4. The maximum atomic E-state index is 13.2. The summed E-state index contributed by atoms with van der Waals surface area (Å²) in [7, 11) is 1.61. The minimum Gasteiger partial charge on any atom is -0.494 e. The summed E-state index contributed by atoms with van der Waals surface area (Å²) in [5.74, 6) is 0.953. The van der Waals surface area contributed by atoms with Crippen molar-refractivity contribution in [2.45, 2.75) is 46.5 Å². The van der Waals surface area contributed by atoms with Crippen molar-refractivity contribution in [3.05, 3.63) is 65.9 Å². The number of urea groups is 1. The molecule has 1 aromatic heterocycles. The second kappa shape index (κ2) is 13.1. The van der Waals surface area contributed by atoms with Gasteiger partial charge >= 0.3 is 6.03 Å². The third-order valence-electron chi connectivity index (χ3n) is 5.81. The minimum atomic E-state index is -0.372. The smallest absolute Gasteiger partial charge is 0.322 e. The summed E-state index contributed by atoms with van der Waals surface area (Å²) in [6, 6.07) is 16.6. The van der Waals surface area contributed by atoms with Crippen LogP contribution in [0, 0.1) is 6.92 Å². The molecule has 0 aliphatic heterocycles. The molecule has 3 amide bonds. The van der Waals surface area contributed by atoms with E-state index in [0.29, 0.717) is 37.7 Å². The van der Waals surface area contributed by atoms with Gasteiger partial charge in [-0.1, -0.05) is 32.9 Å². The topological polar surface area (TPSA) is 97.7 Å². The summed E-state index contributed by atoms with van der Waals surface area (Å²) in [5.41, 5.74) is 3.18. The van der Waals surface area contributed by atoms with Crippen LogP contribution in [0.1, 0.15) is 45.4 Å². The minimum absolute atomic E-state index is 0.129. The van der Waals surface area contributed by atoms with Gasteiger partial charge < -0.3 is 25.0 Å². The fraction of sp³-hybridized carbons (Fsp3) is 0.414. The number of aryl methyl sites for hydroxylation is 1. The van der Waals surface area contributed by atoms with Gasteiger partial charge in [0.15, 0.2) is 0 Å². The highest BCUT2D eigenvalue weighted by atomic mass is 16.5. The lowest BCUT2D eigenvalue weighted by atomic mass is 9.92. The molecule has 2 aromatic carbocycles. The number of rotatable bonds is 11. The van der Waals surface area contributed by atoms with Crippen molar-refractivity contribution in [3.63, 3.8) is 0 Å². The molecule has 0 spiro atoms. The zero-order valence-electron chi connectivity index (χ0n) is 23.2. The average molecular weight is 522 g/mol. The third kappa shape index (κ3) is 8.08. The maximum absolute atomic E-state index is 13.2. The number of anilines is 2. The monoisotopic (exact) mass is 521 g/mol. The summed E-state index contributed by atoms with van der Waals surface area (Å²) < 4.78 is 12.4. The number of amides is 3. The second-order valence-electron chi connectivity index (χ2n) is 10.1. The zero-order chi connectivity index (χ0) is 27.7. The van der Waals surface area contributed by atoms with Gasteiger partial charge in [-0.05, 0) is 62.2 Å². The molecule has 0 unspecified atom stereocenters. The number of hydrogen-bond donors (Lipinski definition) is 2. The van der Waals surface area contributed by atoms with Crippen LogP contribution in [0.25, 0.3) is 5.69 Å². The van der Waals surface area contributed by atoms with Crippen molar-refractivity contribution in [2.75, 3.05) is 44.0 Å². The molecule has 0 aliphatic rings. The Morgan fingerprint density at radius 1 is 1.05 bits per heavy atom. The van der Waals surface area contributed by atoms with Crippen LogP contribution in [-0.4, -0.2) is 60.0 Å². The lowest BCUT2D eigenvalue weighted by Gasteiger charge is -2.23. The second-order valence-corrected chi connectivity index (χ2v) is 10.1. The van der Waals surface area contributed by atoms with Gasteiger partial charge in [0.2, 0.25) is 5.91 Å². The predicted molar refractivity (Wildman–Crippen MR) is 150 cm³/mol. The van der Waals surface area contributed by atoms with Gasteiger partial charge in [0, 0.05) is 37.4 Å². The Kier molecular flexibility index (Phi) is 9.90. The average Bonchev–Trinajstić information content (AvgIpc) is 3.29. The first-order valence-electron chi connectivity index (χ1n) is 12.9. The number of nitrogens with zero attached hydrogens (tertiary/aromatic N) is 3. The summed E-state index contributed by atoms with van der Waals surface area (Å²) >= 11 is 0. The van der Waals surface area contributed by atoms with E-state index in [0.717, 1.165) is 22.7 Å². The molecular weight excluding hydrogens is 482 g/mol. The van der Waals surface area contributed by atoms with E-state index in [-0.39, 0.29) is 23.9 Å². The highest BCUT2D eigenvalue weighted by Gasteiger charge is 2.23. The highest BCUT2D eigenvalue weighted by Crippen LogP contribution is 2.26. The van der Waals surface area contributed by atoms with E-state index in [1.165, 1.54) is 4.90 Å². The van der Waals surface area contributed by atoms with Crippen LogP contribution in [0.15, 0.2) is 54.6 Å². The Hall–Kier alpha value is -3.85. The molecule has 204 valence electrons. The molecule has 0 saturated carbocycles. The van der Waals surface area contributed by atoms with Crippen LogP contribution >= 0.6 is 0 Å². The number of hydrogen-bond acceptors (Lipinski definition) is 5. The molecule has 0 saturated heterocycles. The molecule has 3 rings (SSSR count). The van der Waals surface area contributed by atoms with Gasteiger partial charge in [-0.25, -0.2) is 9.48 Å². The van der Waals surface area contributed by atoms with E-state index in [1.807, 2.05) is 44.2 Å². The van der Waals surface area contributed by atoms with E-state index in [9.17, 15) is 9.59 Å². The van der Waals surface area contributed by atoms with Crippen LogP contribution in [0.5, 0.6) is 5.75 Å². The molecule has 0 atom stereocenters. The standard InChI is InChI=1S/C29H39N5O4/c1-7-38-24-14-12-22(13-15-24)30-28(36)33(16-9-17-37-6)20-27(35)31-26-19-25(29(3,4)5)32-34(26)23-11-8-10-21(2)18-23/h8,10-15,18-19H,7,9,16-17,20H2,1-6H3,(H,30,36)(H,31,35). The number of methoxy groups -OCH3 is 1. The van der Waals surface area contributed by atoms with Gasteiger partial charge in [0.25, 0.3) is 0 Å². The first kappa shape index (κ1) is 28.7. The van der Waals surface area contributed by atoms with Crippen molar-refractivity contribution in [1.82, 2.24) is 14.7 Å². The number of carbonyl (C=O) groups is 2. The van der Waals surface area contributed by atoms with Gasteiger partial charge in [0.1, 0.15) is 18.1 Å². The van der Waals surface area contributed by atoms with E-state index in [1.54, 1.807) is 36.1 Å². The quantitative estimate of drug-likeness (QED) is 0.330. The number of nitrogens with one attached hydrogen (secondary N) is 2. The Morgan fingerprint density at radius 3 is 2.42 bits per heavy atom. The molecular formula is C29H39N5O4. The van der Waals surface area contributed by atoms with Crippen LogP contribution in [0.4, 0.5) is 16.3 Å². The van der Waals surface area contributed by atoms with Gasteiger partial charge in [-0.3, -0.25) is 4.79 Å². The van der Waals surface area contributed by atoms with E-state index >= 15 is 0 Å². The van der Waals surface area contributed by atoms with Gasteiger partial charge in [-0.2, -0.15) is 5.10 Å². The number of aromatic nitrogens is 2. The van der Waals surface area contributed by atoms with Crippen LogP contribution in [0.2, 0.25) is 0 Å². The molecule has 3 aromatic rings. The fourth-order valence-electron chi connectivity index (χ4n) is 3.80. The van der Waals surface area contributed by atoms with Crippen LogP contribution in [0.3, 0.4) is 0 Å². The van der Waals surface area contributed by atoms with Crippen molar-refractivity contribution in [3.8, 4) is 11.4 Å². The van der Waals surface area contributed by atoms with Crippen molar-refractivity contribution >= 4 is 23.4 Å². The molecule has 38 heavy (non-hydrogen) atoms. The molecule has 0 fully saturated rings. The first-order chi connectivity index (χ1) is 18.1. The highest BCUT2D eigenvalue weighted by molar-refractivity contribution is 5.96. The SMILES string of the molecule is CCOc1ccc(NC(=O)N(CCCOC)CC(=O)Nc2cc(C(C)(C)C)nn2-c2cccc(C)c2)cc1. The lowest BCUT2D eigenvalue weighted by Crippen LogP contribution is -2.41. The Labute approximate surface area is 225 Å². The van der Waals surface area contributed by atoms with Gasteiger partial charge in [-0.15, -0.1) is 0 Å². The Balaban J connectivity index is 1.78. The number of ether oxygens (including phenoxy) is 2. The largest absolute Gasteiger partial charge is 0.494 e. The lowest BCUT2D eigenvalue weighted by molar-refractivity contribution is -0.116. The van der Waals surface area contributed by atoms with Crippen molar-refractivity contribution < 1.29 is 19.1 Å². The molecule has 0 aliphatic carbocycles. The first-order valence-corrected chi connectivity index (χ1v) is 12.9. The molecule has 0 bridgehead atoms. The molecule has 9 nitrogen and oxygen atoms in total. The molecule has 2 N–H and O–H groups in total. The maximum Gasteiger partial charge on any atom is 0.322 e. The Bertz CT molecular complexity index is 1210. The molecule has 9 heteroatoms. The number of benzene rings is 2. The third-order valence-corrected chi connectivity index (χ3v) is 5.81. The number of carbonyl (C=O) groups excluding carboxylic acids is 2. The van der Waals surface area contributed by atoms with E-state index in [2.05, 4.69) is 31.4 Å². The summed E-state index contributed by atoms with van der Waals surface area (Å²) in [4.78, 5) is 27.8. The van der Waals surface area contributed by atoms with Crippen molar-refractivity contribution in [1.29, 1.82) is 0 Å². The summed E-state index contributed by atoms with van der Waals surface area (Å²) in [6.07, 6.45) is 0.593. The van der Waals surface area contributed by atoms with E-state index < -0.39 is 0 Å². The Morgan fingerprint density at radius 2 is 1.79 bits per heavy atom. The molecule has 1 heterocycles. The molecule has 0 radical (unpaired) electrons. The van der Waals surface area contributed by atoms with Crippen LogP contribution < -0.4 is 15.4 Å².